The van der Waals surface area contributed by atoms with Crippen LogP contribution in [-0.4, -0.2) is 25.5 Å². The summed E-state index contributed by atoms with van der Waals surface area (Å²) in [5.41, 5.74) is 1.85. The second kappa shape index (κ2) is 8.63. The van der Waals surface area contributed by atoms with E-state index < -0.39 is 0 Å². The maximum Gasteiger partial charge on any atom is 0.221 e. The van der Waals surface area contributed by atoms with Crippen LogP contribution in [0.5, 0.6) is 0 Å². The third kappa shape index (κ3) is 5.86. The molecule has 0 spiro atoms. The van der Waals surface area contributed by atoms with Crippen LogP contribution in [0.2, 0.25) is 0 Å². The van der Waals surface area contributed by atoms with Gasteiger partial charge in [-0.3, -0.25) is 9.79 Å². The summed E-state index contributed by atoms with van der Waals surface area (Å²) in [6.45, 7) is 2.85. The predicted octanol–water partition coefficient (Wildman–Crippen LogP) is 2.15. The summed E-state index contributed by atoms with van der Waals surface area (Å²) < 4.78 is 5.29. The van der Waals surface area contributed by atoms with Crippen molar-refractivity contribution in [3.05, 3.63) is 54.0 Å². The molecule has 1 heterocycles. The van der Waals surface area contributed by atoms with Crippen LogP contribution in [0.3, 0.4) is 0 Å². The molecule has 0 aliphatic heterocycles. The first-order valence-electron chi connectivity index (χ1n) is 7.51. The largest absolute Gasteiger partial charge is 0.469 e. The average molecular weight is 314 g/mol. The Morgan fingerprint density at radius 2 is 2.09 bits per heavy atom. The molecule has 0 atom stereocenters. The second-order valence-electron chi connectivity index (χ2n) is 5.06. The standard InChI is InChI=1S/C17H22N4O2/c1-13(22)21-15-6-3-5-14(11-15)12-20-17(18-2)19-9-8-16-7-4-10-23-16/h3-7,10-11H,8-9,12H2,1-2H3,(H,21,22)(H2,18,19,20). The van der Waals surface area contributed by atoms with E-state index in [-0.39, 0.29) is 5.91 Å². The monoisotopic (exact) mass is 314 g/mol. The summed E-state index contributed by atoms with van der Waals surface area (Å²) in [4.78, 5) is 15.3. The van der Waals surface area contributed by atoms with E-state index in [1.165, 1.54) is 6.92 Å². The van der Waals surface area contributed by atoms with Crippen molar-refractivity contribution in [1.29, 1.82) is 0 Å². The van der Waals surface area contributed by atoms with Crippen molar-refractivity contribution in [1.82, 2.24) is 10.6 Å². The Kier molecular flexibility index (Phi) is 6.23. The SMILES string of the molecule is CN=C(NCCc1ccco1)NCc1cccc(NC(C)=O)c1. The van der Waals surface area contributed by atoms with E-state index in [1.807, 2.05) is 36.4 Å². The van der Waals surface area contributed by atoms with Gasteiger partial charge in [0, 0.05) is 39.2 Å². The highest BCUT2D eigenvalue weighted by Gasteiger charge is 2.01. The molecule has 6 nitrogen and oxygen atoms in total. The van der Waals surface area contributed by atoms with E-state index >= 15 is 0 Å². The molecule has 0 saturated carbocycles. The van der Waals surface area contributed by atoms with E-state index in [1.54, 1.807) is 13.3 Å². The van der Waals surface area contributed by atoms with E-state index in [2.05, 4.69) is 20.9 Å². The Hall–Kier alpha value is -2.76. The Morgan fingerprint density at radius 1 is 1.22 bits per heavy atom. The molecule has 1 amide bonds. The molecular formula is C17H22N4O2. The van der Waals surface area contributed by atoms with Gasteiger partial charge in [0.1, 0.15) is 5.76 Å². The molecule has 23 heavy (non-hydrogen) atoms. The van der Waals surface area contributed by atoms with Crippen LogP contribution in [0.25, 0.3) is 0 Å². The highest BCUT2D eigenvalue weighted by atomic mass is 16.3. The van der Waals surface area contributed by atoms with Gasteiger partial charge in [-0.25, -0.2) is 0 Å². The highest BCUT2D eigenvalue weighted by Crippen LogP contribution is 2.10. The normalized spacial score (nSPS) is 11.1. The number of benzene rings is 1. The number of carbonyl (C=O) groups excluding carboxylic acids is 1. The Morgan fingerprint density at radius 3 is 2.78 bits per heavy atom. The van der Waals surface area contributed by atoms with Gasteiger partial charge in [-0.15, -0.1) is 0 Å². The fourth-order valence-electron chi connectivity index (χ4n) is 2.13. The molecule has 6 heteroatoms. The van der Waals surface area contributed by atoms with Gasteiger partial charge in [0.25, 0.3) is 0 Å². The number of anilines is 1. The first-order chi connectivity index (χ1) is 11.2. The maximum atomic E-state index is 11.1. The van der Waals surface area contributed by atoms with Crippen molar-refractivity contribution in [2.75, 3.05) is 18.9 Å². The van der Waals surface area contributed by atoms with Crippen molar-refractivity contribution in [2.24, 2.45) is 4.99 Å². The number of amides is 1. The smallest absolute Gasteiger partial charge is 0.221 e. The van der Waals surface area contributed by atoms with Crippen molar-refractivity contribution >= 4 is 17.6 Å². The number of aliphatic imine (C=N–C) groups is 1. The predicted molar refractivity (Wildman–Crippen MR) is 91.4 cm³/mol. The quantitative estimate of drug-likeness (QED) is 0.564. The average Bonchev–Trinajstić information content (AvgIpc) is 3.03. The zero-order valence-corrected chi connectivity index (χ0v) is 13.4. The number of hydrogen-bond acceptors (Lipinski definition) is 3. The topological polar surface area (TPSA) is 78.7 Å². The van der Waals surface area contributed by atoms with Gasteiger partial charge < -0.3 is 20.4 Å². The molecule has 122 valence electrons. The molecular weight excluding hydrogens is 292 g/mol. The summed E-state index contributed by atoms with van der Waals surface area (Å²) in [6.07, 6.45) is 2.47. The van der Waals surface area contributed by atoms with Crippen molar-refractivity contribution in [3.8, 4) is 0 Å². The van der Waals surface area contributed by atoms with Crippen LogP contribution in [0.15, 0.2) is 52.1 Å². The Bertz CT molecular complexity index is 650. The van der Waals surface area contributed by atoms with Crippen LogP contribution < -0.4 is 16.0 Å². The highest BCUT2D eigenvalue weighted by molar-refractivity contribution is 5.88. The third-order valence-electron chi connectivity index (χ3n) is 3.17. The molecule has 2 aromatic rings. The summed E-state index contributed by atoms with van der Waals surface area (Å²) in [7, 11) is 1.73. The molecule has 0 radical (unpaired) electrons. The molecule has 0 aliphatic rings. The minimum atomic E-state index is -0.0782. The lowest BCUT2D eigenvalue weighted by atomic mass is 10.2. The van der Waals surface area contributed by atoms with Crippen LogP contribution in [0.4, 0.5) is 5.69 Å². The van der Waals surface area contributed by atoms with Gasteiger partial charge >= 0.3 is 0 Å². The van der Waals surface area contributed by atoms with Crippen molar-refractivity contribution in [2.45, 2.75) is 19.9 Å². The lowest BCUT2D eigenvalue weighted by Gasteiger charge is -2.12. The fourth-order valence-corrected chi connectivity index (χ4v) is 2.13. The minimum Gasteiger partial charge on any atom is -0.469 e. The number of nitrogens with zero attached hydrogens (tertiary/aromatic N) is 1. The molecule has 0 fully saturated rings. The number of furan rings is 1. The number of carbonyl (C=O) groups is 1. The Labute approximate surface area is 136 Å². The minimum absolute atomic E-state index is 0.0782. The molecule has 0 saturated heterocycles. The molecule has 2 rings (SSSR count). The van der Waals surface area contributed by atoms with Crippen molar-refractivity contribution < 1.29 is 9.21 Å². The first kappa shape index (κ1) is 16.6. The van der Waals surface area contributed by atoms with Gasteiger partial charge in [-0.05, 0) is 29.8 Å². The van der Waals surface area contributed by atoms with Gasteiger partial charge in [0.05, 0.1) is 6.26 Å². The number of rotatable bonds is 6. The maximum absolute atomic E-state index is 11.1. The van der Waals surface area contributed by atoms with Crippen LogP contribution in [-0.2, 0) is 17.8 Å². The Balaban J connectivity index is 1.79. The number of guanidine groups is 1. The second-order valence-corrected chi connectivity index (χ2v) is 5.06. The molecule has 0 aliphatic carbocycles. The van der Waals surface area contributed by atoms with Gasteiger partial charge in [0.15, 0.2) is 5.96 Å². The fraction of sp³-hybridized carbons (Fsp3) is 0.294. The zero-order valence-electron chi connectivity index (χ0n) is 13.4. The van der Waals surface area contributed by atoms with Crippen LogP contribution in [0, 0.1) is 0 Å². The summed E-state index contributed by atoms with van der Waals surface area (Å²) in [6, 6.07) is 11.5. The molecule has 3 N–H and O–H groups in total. The van der Waals surface area contributed by atoms with E-state index in [9.17, 15) is 4.79 Å². The molecule has 1 aromatic heterocycles. The van der Waals surface area contributed by atoms with Gasteiger partial charge in [-0.1, -0.05) is 12.1 Å². The zero-order chi connectivity index (χ0) is 16.5. The molecule has 0 bridgehead atoms. The molecule has 1 aromatic carbocycles. The third-order valence-corrected chi connectivity index (χ3v) is 3.17. The van der Waals surface area contributed by atoms with Crippen LogP contribution in [0.1, 0.15) is 18.2 Å². The summed E-state index contributed by atoms with van der Waals surface area (Å²) in [5.74, 6) is 1.59. The number of hydrogen-bond donors (Lipinski definition) is 3. The summed E-state index contributed by atoms with van der Waals surface area (Å²) >= 11 is 0. The van der Waals surface area contributed by atoms with E-state index in [0.717, 1.165) is 35.9 Å². The van der Waals surface area contributed by atoms with E-state index in [4.69, 9.17) is 4.42 Å². The molecule has 0 unspecified atom stereocenters. The lowest BCUT2D eigenvalue weighted by Crippen LogP contribution is -2.37. The van der Waals surface area contributed by atoms with Gasteiger partial charge in [-0.2, -0.15) is 0 Å². The van der Waals surface area contributed by atoms with Gasteiger partial charge in [0.2, 0.25) is 5.91 Å². The first-order valence-corrected chi connectivity index (χ1v) is 7.51. The lowest BCUT2D eigenvalue weighted by molar-refractivity contribution is -0.114. The summed E-state index contributed by atoms with van der Waals surface area (Å²) in [5, 5.41) is 9.25. The van der Waals surface area contributed by atoms with Crippen LogP contribution >= 0.6 is 0 Å². The number of nitrogens with one attached hydrogen (secondary N) is 3. The van der Waals surface area contributed by atoms with E-state index in [0.29, 0.717) is 6.54 Å². The van der Waals surface area contributed by atoms with Crippen molar-refractivity contribution in [3.63, 3.8) is 0 Å².